The van der Waals surface area contributed by atoms with Crippen molar-refractivity contribution in [2.75, 3.05) is 43.1 Å². The van der Waals surface area contributed by atoms with E-state index in [4.69, 9.17) is 26.9 Å². The first-order valence-corrected chi connectivity index (χ1v) is 14.2. The number of hydrogen-bond donors (Lipinski definition) is 2. The average Bonchev–Trinajstić information content (AvgIpc) is 2.93. The minimum Gasteiger partial charge on any atom is -0.381 e. The van der Waals surface area contributed by atoms with Gasteiger partial charge in [0, 0.05) is 56.7 Å². The first-order valence-electron chi connectivity index (χ1n) is 13.0. The third-order valence-corrected chi connectivity index (χ3v) is 8.19. The molecule has 2 aliphatic heterocycles. The standard InChI is InChI=1S/C27H32FN7OS2/c1-19-4-2-13-35(17-19)22-16-23(38-26-29-11-3-12-30-26)33-24(32-22)34-25(37)31-18-27(9-14-36-15-10-27)20-5-7-21(28)8-6-20/h3,5-8,11-12,16,19H,2,4,9-10,13-15,17-18H2,1H3,(H2,31,32,33,34,37)/t19-/m0/s1. The van der Waals surface area contributed by atoms with Crippen LogP contribution >= 0.6 is 24.0 Å². The normalized spacial score (nSPS) is 19.1. The third kappa shape index (κ3) is 6.75. The molecule has 2 saturated heterocycles. The number of halogens is 1. The van der Waals surface area contributed by atoms with Crippen molar-refractivity contribution in [3.05, 3.63) is 60.2 Å². The summed E-state index contributed by atoms with van der Waals surface area (Å²) in [6.45, 7) is 6.08. The molecule has 2 aliphatic rings. The fourth-order valence-electron chi connectivity index (χ4n) is 5.04. The number of rotatable bonds is 7. The van der Waals surface area contributed by atoms with Crippen LogP contribution in [0.3, 0.4) is 0 Å². The summed E-state index contributed by atoms with van der Waals surface area (Å²) in [5.41, 5.74) is 0.882. The molecule has 2 N–H and O–H groups in total. The fraction of sp³-hybridized carbons (Fsp3) is 0.444. The third-order valence-electron chi connectivity index (χ3n) is 7.13. The van der Waals surface area contributed by atoms with Crippen LogP contribution in [-0.2, 0) is 10.2 Å². The SMILES string of the molecule is C[C@H]1CCCN(c2cc(Sc3ncccn3)nc(NC(=S)NCC3(c4ccc(F)cc4)CCOCC3)n2)C1. The Morgan fingerprint density at radius 3 is 2.68 bits per heavy atom. The Labute approximate surface area is 232 Å². The van der Waals surface area contributed by atoms with E-state index in [1.807, 2.05) is 18.2 Å². The van der Waals surface area contributed by atoms with E-state index < -0.39 is 0 Å². The Bertz CT molecular complexity index is 1230. The molecule has 1 atom stereocenters. The van der Waals surface area contributed by atoms with Gasteiger partial charge in [0.2, 0.25) is 5.95 Å². The van der Waals surface area contributed by atoms with Crippen molar-refractivity contribution in [1.29, 1.82) is 0 Å². The van der Waals surface area contributed by atoms with E-state index in [-0.39, 0.29) is 11.2 Å². The zero-order valence-electron chi connectivity index (χ0n) is 21.4. The zero-order chi connectivity index (χ0) is 26.4. The van der Waals surface area contributed by atoms with E-state index in [1.165, 1.54) is 30.3 Å². The highest BCUT2D eigenvalue weighted by Crippen LogP contribution is 2.34. The Morgan fingerprint density at radius 2 is 1.95 bits per heavy atom. The van der Waals surface area contributed by atoms with Crippen molar-refractivity contribution in [1.82, 2.24) is 25.3 Å². The van der Waals surface area contributed by atoms with Gasteiger partial charge in [-0.2, -0.15) is 4.98 Å². The largest absolute Gasteiger partial charge is 0.381 e. The molecule has 1 aromatic carbocycles. The van der Waals surface area contributed by atoms with Crippen molar-refractivity contribution < 1.29 is 9.13 Å². The molecule has 3 aromatic rings. The van der Waals surface area contributed by atoms with Gasteiger partial charge in [0.1, 0.15) is 16.7 Å². The van der Waals surface area contributed by atoms with Crippen molar-refractivity contribution in [2.24, 2.45) is 5.92 Å². The van der Waals surface area contributed by atoms with Gasteiger partial charge >= 0.3 is 0 Å². The quantitative estimate of drug-likeness (QED) is 0.241. The number of piperidine rings is 1. The lowest BCUT2D eigenvalue weighted by Crippen LogP contribution is -2.45. The minimum absolute atomic E-state index is 0.198. The van der Waals surface area contributed by atoms with Crippen LogP contribution in [0.25, 0.3) is 0 Å². The summed E-state index contributed by atoms with van der Waals surface area (Å²) >= 11 is 7.07. The van der Waals surface area contributed by atoms with Gasteiger partial charge in [0.05, 0.1) is 0 Å². The predicted octanol–water partition coefficient (Wildman–Crippen LogP) is 4.83. The predicted molar refractivity (Wildman–Crippen MR) is 151 cm³/mol. The van der Waals surface area contributed by atoms with E-state index >= 15 is 0 Å². The second-order valence-electron chi connectivity index (χ2n) is 9.92. The smallest absolute Gasteiger partial charge is 0.232 e. The highest BCUT2D eigenvalue weighted by atomic mass is 32.2. The van der Waals surface area contributed by atoms with Crippen LogP contribution in [0.5, 0.6) is 0 Å². The van der Waals surface area contributed by atoms with Crippen LogP contribution in [-0.4, -0.2) is 57.9 Å². The lowest BCUT2D eigenvalue weighted by Gasteiger charge is -2.38. The summed E-state index contributed by atoms with van der Waals surface area (Å²) in [5, 5.41) is 8.39. The highest BCUT2D eigenvalue weighted by molar-refractivity contribution is 7.99. The van der Waals surface area contributed by atoms with Crippen LogP contribution in [0.1, 0.15) is 38.2 Å². The summed E-state index contributed by atoms with van der Waals surface area (Å²) in [7, 11) is 0. The van der Waals surface area contributed by atoms with Crippen molar-refractivity contribution in [3.63, 3.8) is 0 Å². The molecule has 4 heterocycles. The van der Waals surface area contributed by atoms with Crippen molar-refractivity contribution in [3.8, 4) is 0 Å². The van der Waals surface area contributed by atoms with Crippen molar-refractivity contribution >= 4 is 40.9 Å². The molecular weight excluding hydrogens is 521 g/mol. The van der Waals surface area contributed by atoms with Crippen LogP contribution < -0.4 is 15.5 Å². The number of nitrogens with one attached hydrogen (secondary N) is 2. The van der Waals surface area contributed by atoms with Crippen molar-refractivity contribution in [2.45, 2.75) is 48.2 Å². The van der Waals surface area contributed by atoms with Gasteiger partial charge in [-0.05, 0) is 79.3 Å². The van der Waals surface area contributed by atoms with E-state index in [0.29, 0.717) is 41.9 Å². The number of ether oxygens (including phenoxy) is 1. The van der Waals surface area contributed by atoms with Crippen LogP contribution in [0.4, 0.5) is 16.2 Å². The lowest BCUT2D eigenvalue weighted by atomic mass is 9.74. The van der Waals surface area contributed by atoms with Gasteiger partial charge < -0.3 is 20.3 Å². The molecule has 11 heteroatoms. The molecular formula is C27H32FN7OS2. The number of thiocarbonyl (C=S) groups is 1. The molecule has 8 nitrogen and oxygen atoms in total. The molecule has 200 valence electrons. The number of nitrogens with zero attached hydrogens (tertiary/aromatic N) is 5. The van der Waals surface area contributed by atoms with E-state index in [1.54, 1.807) is 18.5 Å². The molecule has 0 radical (unpaired) electrons. The second kappa shape index (κ2) is 12.3. The summed E-state index contributed by atoms with van der Waals surface area (Å²) in [6, 6.07) is 10.5. The van der Waals surface area contributed by atoms with Gasteiger partial charge in [-0.25, -0.2) is 19.3 Å². The maximum Gasteiger partial charge on any atom is 0.232 e. The molecule has 0 saturated carbocycles. The molecule has 0 aliphatic carbocycles. The van der Waals surface area contributed by atoms with Gasteiger partial charge in [-0.1, -0.05) is 19.1 Å². The summed E-state index contributed by atoms with van der Waals surface area (Å²) < 4.78 is 19.2. The number of hydrogen-bond acceptors (Lipinski definition) is 8. The lowest BCUT2D eigenvalue weighted by molar-refractivity contribution is 0.0515. The number of anilines is 2. The average molecular weight is 554 g/mol. The van der Waals surface area contributed by atoms with E-state index in [9.17, 15) is 4.39 Å². The second-order valence-corrected chi connectivity index (χ2v) is 11.3. The highest BCUT2D eigenvalue weighted by Gasteiger charge is 2.34. The fourth-order valence-corrected chi connectivity index (χ4v) is 5.91. The summed E-state index contributed by atoms with van der Waals surface area (Å²) in [4.78, 5) is 20.5. The maximum absolute atomic E-state index is 13.6. The molecule has 5 rings (SSSR count). The minimum atomic E-state index is -0.240. The van der Waals surface area contributed by atoms with E-state index in [2.05, 4.69) is 32.4 Å². The zero-order valence-corrected chi connectivity index (χ0v) is 23.0. The first-order chi connectivity index (χ1) is 18.5. The number of aromatic nitrogens is 4. The molecule has 2 fully saturated rings. The molecule has 0 spiro atoms. The molecule has 0 unspecified atom stereocenters. The monoisotopic (exact) mass is 553 g/mol. The molecule has 0 bridgehead atoms. The van der Waals surface area contributed by atoms with Crippen LogP contribution in [0, 0.1) is 11.7 Å². The van der Waals surface area contributed by atoms with E-state index in [0.717, 1.165) is 48.8 Å². The maximum atomic E-state index is 13.6. The topological polar surface area (TPSA) is 88.1 Å². The van der Waals surface area contributed by atoms with Gasteiger partial charge in [0.15, 0.2) is 10.3 Å². The van der Waals surface area contributed by atoms with Crippen LogP contribution in [0.2, 0.25) is 0 Å². The van der Waals surface area contributed by atoms with Gasteiger partial charge in [-0.3, -0.25) is 0 Å². The Morgan fingerprint density at radius 1 is 1.18 bits per heavy atom. The van der Waals surface area contributed by atoms with Crippen LogP contribution in [0.15, 0.2) is 59.0 Å². The Balaban J connectivity index is 1.33. The summed E-state index contributed by atoms with van der Waals surface area (Å²) in [6.07, 6.45) is 7.44. The Hall–Kier alpha value is -2.89. The first kappa shape index (κ1) is 26.7. The Kier molecular flexibility index (Phi) is 8.65. The summed E-state index contributed by atoms with van der Waals surface area (Å²) in [5.74, 6) is 1.66. The molecule has 38 heavy (non-hydrogen) atoms. The molecule has 2 aromatic heterocycles. The number of benzene rings is 1. The molecule has 0 amide bonds. The van der Waals surface area contributed by atoms with Gasteiger partial charge in [0.25, 0.3) is 0 Å². The van der Waals surface area contributed by atoms with Gasteiger partial charge in [-0.15, -0.1) is 0 Å².